The lowest BCUT2D eigenvalue weighted by molar-refractivity contribution is 0.629. The van der Waals surface area contributed by atoms with Gasteiger partial charge in [0.15, 0.2) is 0 Å². The summed E-state index contributed by atoms with van der Waals surface area (Å²) in [6, 6.07) is 74.6. The lowest BCUT2D eigenvalue weighted by Crippen LogP contribution is -2.10. The predicted molar refractivity (Wildman–Crippen MR) is 242 cm³/mol. The van der Waals surface area contributed by atoms with E-state index in [-0.39, 0.29) is 0 Å². The van der Waals surface area contributed by atoms with E-state index in [1.807, 2.05) is 12.1 Å². The van der Waals surface area contributed by atoms with Crippen LogP contribution in [0.2, 0.25) is 0 Å². The van der Waals surface area contributed by atoms with Crippen molar-refractivity contribution >= 4 is 71.1 Å². The van der Waals surface area contributed by atoms with Gasteiger partial charge in [-0.2, -0.15) is 0 Å². The van der Waals surface area contributed by atoms with Crippen LogP contribution < -0.4 is 4.90 Å². The zero-order valence-electron chi connectivity index (χ0n) is 31.5. The van der Waals surface area contributed by atoms with Crippen LogP contribution in [0.5, 0.6) is 0 Å². The van der Waals surface area contributed by atoms with Crippen molar-refractivity contribution in [1.82, 2.24) is 0 Å². The summed E-state index contributed by atoms with van der Waals surface area (Å²) in [6.45, 7) is 2.15. The molecule has 57 heavy (non-hydrogen) atoms. The number of nitrogens with zero attached hydrogens (tertiary/aromatic N) is 1. The Hall–Kier alpha value is -7.42. The van der Waals surface area contributed by atoms with Gasteiger partial charge in [0, 0.05) is 33.6 Å². The first-order valence-electron chi connectivity index (χ1n) is 19.6. The van der Waals surface area contributed by atoms with Crippen LogP contribution in [0.25, 0.3) is 87.6 Å². The Kier molecular flexibility index (Phi) is 7.75. The second kappa shape index (κ2) is 13.4. The molecule has 0 amide bonds. The predicted octanol–water partition coefficient (Wildman–Crippen LogP) is 15.8. The molecule has 0 bridgehead atoms. The zero-order chi connectivity index (χ0) is 37.9. The smallest absolute Gasteiger partial charge is 0.138 e. The molecule has 0 saturated carbocycles. The van der Waals surface area contributed by atoms with Gasteiger partial charge in [-0.15, -0.1) is 0 Å². The summed E-state index contributed by atoms with van der Waals surface area (Å²) in [7, 11) is 0. The van der Waals surface area contributed by atoms with Gasteiger partial charge in [-0.25, -0.2) is 0 Å². The van der Waals surface area contributed by atoms with Crippen LogP contribution in [-0.2, 0) is 0 Å². The van der Waals surface area contributed by atoms with Crippen molar-refractivity contribution in [2.45, 2.75) is 6.92 Å². The fourth-order valence-corrected chi connectivity index (χ4v) is 8.85. The van der Waals surface area contributed by atoms with Crippen molar-refractivity contribution in [2.24, 2.45) is 0 Å². The van der Waals surface area contributed by atoms with Crippen molar-refractivity contribution in [1.29, 1.82) is 0 Å². The maximum absolute atomic E-state index is 6.47. The fourth-order valence-electron chi connectivity index (χ4n) is 8.85. The van der Waals surface area contributed by atoms with Gasteiger partial charge in [0.1, 0.15) is 11.3 Å². The number of para-hydroxylation sites is 1. The maximum atomic E-state index is 6.47. The normalized spacial score (nSPS) is 11.6. The number of hydrogen-bond acceptors (Lipinski definition) is 2. The van der Waals surface area contributed by atoms with Gasteiger partial charge in [-0.1, -0.05) is 152 Å². The molecule has 0 saturated heterocycles. The van der Waals surface area contributed by atoms with E-state index in [1.165, 1.54) is 65.3 Å². The molecule has 0 radical (unpaired) electrons. The lowest BCUT2D eigenvalue weighted by Gasteiger charge is -2.26. The van der Waals surface area contributed by atoms with Crippen molar-refractivity contribution in [3.05, 3.63) is 212 Å². The van der Waals surface area contributed by atoms with Crippen LogP contribution in [0.4, 0.5) is 17.1 Å². The summed E-state index contributed by atoms with van der Waals surface area (Å²) in [5, 5.41) is 11.2. The monoisotopic (exact) mass is 727 g/mol. The van der Waals surface area contributed by atoms with Crippen LogP contribution in [-0.4, -0.2) is 0 Å². The van der Waals surface area contributed by atoms with Gasteiger partial charge in [0.2, 0.25) is 0 Å². The number of fused-ring (bicyclic) bond motifs is 7. The third-order valence-electron chi connectivity index (χ3n) is 11.6. The summed E-state index contributed by atoms with van der Waals surface area (Å²) >= 11 is 0. The van der Waals surface area contributed by atoms with E-state index in [4.69, 9.17) is 4.42 Å². The molecular weight excluding hydrogens is 691 g/mol. The van der Waals surface area contributed by atoms with E-state index < -0.39 is 0 Å². The minimum Gasteiger partial charge on any atom is -0.456 e. The van der Waals surface area contributed by atoms with Gasteiger partial charge in [0.25, 0.3) is 0 Å². The molecule has 11 aromatic rings. The number of aryl methyl sites for hydroxylation is 1. The molecule has 10 aromatic carbocycles. The summed E-state index contributed by atoms with van der Waals surface area (Å²) < 4.78 is 6.47. The molecule has 2 heteroatoms. The molecule has 268 valence electrons. The van der Waals surface area contributed by atoms with Gasteiger partial charge in [-0.05, 0) is 127 Å². The van der Waals surface area contributed by atoms with Crippen molar-refractivity contribution in [2.75, 3.05) is 4.90 Å². The number of benzene rings is 10. The Morgan fingerprint density at radius 2 is 0.789 bits per heavy atom. The molecule has 1 heterocycles. The molecule has 0 N–H and O–H groups in total. The van der Waals surface area contributed by atoms with Crippen LogP contribution in [0, 0.1) is 6.92 Å². The molecule has 0 aliphatic rings. The van der Waals surface area contributed by atoms with Crippen LogP contribution in [0.15, 0.2) is 211 Å². The minimum absolute atomic E-state index is 0.898. The summed E-state index contributed by atoms with van der Waals surface area (Å²) in [6.07, 6.45) is 0. The Balaban J connectivity index is 1.05. The van der Waals surface area contributed by atoms with Crippen molar-refractivity contribution < 1.29 is 4.42 Å². The molecule has 0 unspecified atom stereocenters. The highest BCUT2D eigenvalue weighted by molar-refractivity contribution is 6.15. The molecule has 2 nitrogen and oxygen atoms in total. The molecule has 0 aliphatic heterocycles. The van der Waals surface area contributed by atoms with Gasteiger partial charge in [0.05, 0.1) is 0 Å². The highest BCUT2D eigenvalue weighted by Crippen LogP contribution is 2.42. The molecule has 1 aromatic heterocycles. The topological polar surface area (TPSA) is 16.4 Å². The molecule has 11 rings (SSSR count). The average Bonchev–Trinajstić information content (AvgIpc) is 3.62. The standard InChI is InChI=1S/C55H37NO/c1-36-45-17-10-11-24-54(45)57-55(36)41-15-12-16-44(33-41)56(42-29-25-37(26-30-42)52-34-39-13-2-4-18-46(39)48-20-6-8-22-50(48)52)43-31-27-38(28-32-43)53-35-40-14-3-5-19-47(40)49-21-7-9-23-51(49)53/h2-35H,1H3. The lowest BCUT2D eigenvalue weighted by atomic mass is 9.93. The van der Waals surface area contributed by atoms with Crippen molar-refractivity contribution in [3.8, 4) is 33.6 Å². The summed E-state index contributed by atoms with van der Waals surface area (Å²) in [5.41, 5.74) is 11.1. The minimum atomic E-state index is 0.898. The van der Waals surface area contributed by atoms with E-state index in [9.17, 15) is 0 Å². The summed E-state index contributed by atoms with van der Waals surface area (Å²) in [4.78, 5) is 2.35. The molecule has 0 aliphatic carbocycles. The SMILES string of the molecule is Cc1c(-c2cccc(N(c3ccc(-c4cc5ccccc5c5ccccc45)cc3)c3ccc(-c4cc5ccccc5c5ccccc45)cc3)c2)oc2ccccc12. The highest BCUT2D eigenvalue weighted by atomic mass is 16.3. The number of anilines is 3. The Labute approximate surface area is 331 Å². The molecule has 0 fully saturated rings. The quantitative estimate of drug-likeness (QED) is 0.159. The van der Waals surface area contributed by atoms with Crippen LogP contribution in [0.1, 0.15) is 5.56 Å². The maximum Gasteiger partial charge on any atom is 0.138 e. The Bertz CT molecular complexity index is 3140. The first-order chi connectivity index (χ1) is 28.2. The molecule has 0 spiro atoms. The average molecular weight is 728 g/mol. The summed E-state index contributed by atoms with van der Waals surface area (Å²) in [5.74, 6) is 0.898. The highest BCUT2D eigenvalue weighted by Gasteiger charge is 2.18. The number of rotatable bonds is 6. The van der Waals surface area contributed by atoms with Gasteiger partial charge >= 0.3 is 0 Å². The third kappa shape index (κ3) is 5.57. The second-order valence-corrected chi connectivity index (χ2v) is 14.9. The number of furan rings is 1. The third-order valence-corrected chi connectivity index (χ3v) is 11.6. The fraction of sp³-hybridized carbons (Fsp3) is 0.0182. The largest absolute Gasteiger partial charge is 0.456 e. The molecule has 0 atom stereocenters. The van der Waals surface area contributed by atoms with E-state index in [2.05, 4.69) is 206 Å². The Morgan fingerprint density at radius 1 is 0.333 bits per heavy atom. The van der Waals surface area contributed by atoms with E-state index in [0.29, 0.717) is 0 Å². The van der Waals surface area contributed by atoms with Gasteiger partial charge in [-0.3, -0.25) is 0 Å². The van der Waals surface area contributed by atoms with Crippen LogP contribution >= 0.6 is 0 Å². The first kappa shape index (κ1) is 33.0. The zero-order valence-corrected chi connectivity index (χ0v) is 31.5. The van der Waals surface area contributed by atoms with E-state index in [0.717, 1.165) is 44.9 Å². The van der Waals surface area contributed by atoms with E-state index >= 15 is 0 Å². The first-order valence-corrected chi connectivity index (χ1v) is 19.6. The Morgan fingerprint density at radius 3 is 1.32 bits per heavy atom. The van der Waals surface area contributed by atoms with Crippen molar-refractivity contribution in [3.63, 3.8) is 0 Å². The van der Waals surface area contributed by atoms with Crippen LogP contribution in [0.3, 0.4) is 0 Å². The van der Waals surface area contributed by atoms with Gasteiger partial charge < -0.3 is 9.32 Å². The van der Waals surface area contributed by atoms with E-state index in [1.54, 1.807) is 0 Å². The second-order valence-electron chi connectivity index (χ2n) is 14.9. The number of hydrogen-bond donors (Lipinski definition) is 0. The molecular formula is C55H37NO.